The third-order valence-corrected chi connectivity index (χ3v) is 4.39. The molecule has 1 aromatic carbocycles. The normalized spacial score (nSPS) is 19.9. The molecule has 2 rings (SSSR count). The minimum atomic E-state index is -1.06. The van der Waals surface area contributed by atoms with E-state index in [0.29, 0.717) is 24.8 Å². The van der Waals surface area contributed by atoms with Gasteiger partial charge in [0.25, 0.3) is 0 Å². The monoisotopic (exact) mass is 403 g/mol. The number of rotatable bonds is 6. The standard InChI is InChI=1S/C22H29NO6/c1-15-11-12-22(13-15,14-27-16(2)24)28-19(25)18(17-9-7-6-8-10-17)23-20(26)29-21(3,4)5/h6-10,18H,1,11-14H2,2-5H3,(H,23,26). The van der Waals surface area contributed by atoms with Crippen molar-refractivity contribution in [2.75, 3.05) is 6.61 Å². The van der Waals surface area contributed by atoms with Gasteiger partial charge in [-0.3, -0.25) is 4.79 Å². The molecule has 7 heteroatoms. The lowest BCUT2D eigenvalue weighted by atomic mass is 10.0. The molecule has 1 aromatic rings. The van der Waals surface area contributed by atoms with Crippen LogP contribution in [0.1, 0.15) is 58.6 Å². The van der Waals surface area contributed by atoms with Crippen molar-refractivity contribution in [1.29, 1.82) is 0 Å². The number of esters is 2. The first-order valence-electron chi connectivity index (χ1n) is 9.57. The van der Waals surface area contributed by atoms with E-state index in [4.69, 9.17) is 14.2 Å². The molecule has 0 saturated heterocycles. The maximum Gasteiger partial charge on any atom is 0.408 e. The second-order valence-corrected chi connectivity index (χ2v) is 8.30. The summed E-state index contributed by atoms with van der Waals surface area (Å²) in [6.45, 7) is 10.4. The van der Waals surface area contributed by atoms with Crippen LogP contribution in [-0.2, 0) is 23.8 Å². The zero-order valence-corrected chi connectivity index (χ0v) is 17.4. The second-order valence-electron chi connectivity index (χ2n) is 8.30. The number of hydrogen-bond donors (Lipinski definition) is 1. The summed E-state index contributed by atoms with van der Waals surface area (Å²) in [5, 5.41) is 2.59. The molecule has 0 heterocycles. The highest BCUT2D eigenvalue weighted by atomic mass is 16.6. The van der Waals surface area contributed by atoms with Gasteiger partial charge in [0.15, 0.2) is 6.04 Å². The van der Waals surface area contributed by atoms with Gasteiger partial charge in [-0.15, -0.1) is 0 Å². The largest absolute Gasteiger partial charge is 0.462 e. The van der Waals surface area contributed by atoms with Crippen LogP contribution in [0.4, 0.5) is 4.79 Å². The molecule has 29 heavy (non-hydrogen) atoms. The van der Waals surface area contributed by atoms with Crippen molar-refractivity contribution in [2.45, 2.75) is 64.2 Å². The van der Waals surface area contributed by atoms with E-state index >= 15 is 0 Å². The van der Waals surface area contributed by atoms with E-state index in [9.17, 15) is 14.4 Å². The molecule has 1 fully saturated rings. The predicted molar refractivity (Wildman–Crippen MR) is 107 cm³/mol. The van der Waals surface area contributed by atoms with Crippen molar-refractivity contribution in [3.8, 4) is 0 Å². The lowest BCUT2D eigenvalue weighted by Crippen LogP contribution is -2.44. The van der Waals surface area contributed by atoms with Gasteiger partial charge in [-0.2, -0.15) is 0 Å². The van der Waals surface area contributed by atoms with Crippen molar-refractivity contribution >= 4 is 18.0 Å². The molecule has 0 spiro atoms. The molecule has 1 N–H and O–H groups in total. The average molecular weight is 403 g/mol. The Bertz CT molecular complexity index is 767. The molecular formula is C22H29NO6. The van der Waals surface area contributed by atoms with Gasteiger partial charge in [-0.25, -0.2) is 9.59 Å². The molecule has 2 unspecified atom stereocenters. The van der Waals surface area contributed by atoms with Crippen LogP contribution in [0.5, 0.6) is 0 Å². The average Bonchev–Trinajstić information content (AvgIpc) is 2.98. The Kier molecular flexibility index (Phi) is 7.06. The summed E-state index contributed by atoms with van der Waals surface area (Å²) in [5.74, 6) is -1.10. The molecular weight excluding hydrogens is 374 g/mol. The predicted octanol–water partition coefficient (Wildman–Crippen LogP) is 3.84. The van der Waals surface area contributed by atoms with E-state index in [0.717, 1.165) is 5.57 Å². The Morgan fingerprint density at radius 2 is 1.86 bits per heavy atom. The highest BCUT2D eigenvalue weighted by Gasteiger charge is 2.42. The summed E-state index contributed by atoms with van der Waals surface area (Å²) in [6, 6.07) is 7.71. The fraction of sp³-hybridized carbons (Fsp3) is 0.500. The molecule has 0 aliphatic heterocycles. The highest BCUT2D eigenvalue weighted by Crippen LogP contribution is 2.37. The van der Waals surface area contributed by atoms with Crippen molar-refractivity contribution in [2.24, 2.45) is 0 Å². The van der Waals surface area contributed by atoms with Gasteiger partial charge in [0.05, 0.1) is 0 Å². The number of alkyl carbamates (subject to hydrolysis) is 1. The summed E-state index contributed by atoms with van der Waals surface area (Å²) in [7, 11) is 0. The van der Waals surface area contributed by atoms with Crippen LogP contribution in [0, 0.1) is 0 Å². The van der Waals surface area contributed by atoms with Crippen LogP contribution in [0.3, 0.4) is 0 Å². The zero-order chi connectivity index (χ0) is 21.7. The molecule has 158 valence electrons. The Morgan fingerprint density at radius 3 is 2.38 bits per heavy atom. The third kappa shape index (κ3) is 6.93. The van der Waals surface area contributed by atoms with E-state index in [2.05, 4.69) is 11.9 Å². The Labute approximate surface area is 171 Å². The Hall–Kier alpha value is -2.83. The second kappa shape index (κ2) is 9.11. The van der Waals surface area contributed by atoms with E-state index in [1.54, 1.807) is 45.0 Å². The van der Waals surface area contributed by atoms with Gasteiger partial charge < -0.3 is 19.5 Å². The van der Waals surface area contributed by atoms with Crippen LogP contribution >= 0.6 is 0 Å². The van der Waals surface area contributed by atoms with Gasteiger partial charge in [0, 0.05) is 13.3 Å². The number of benzene rings is 1. The molecule has 1 saturated carbocycles. The number of carbonyl (C=O) groups excluding carboxylic acids is 3. The van der Waals surface area contributed by atoms with Crippen molar-refractivity contribution in [1.82, 2.24) is 5.32 Å². The summed E-state index contributed by atoms with van der Waals surface area (Å²) in [6.07, 6.45) is 0.844. The van der Waals surface area contributed by atoms with Crippen LogP contribution in [0.2, 0.25) is 0 Å². The molecule has 7 nitrogen and oxygen atoms in total. The maximum atomic E-state index is 13.1. The quantitative estimate of drug-likeness (QED) is 0.441. The van der Waals surface area contributed by atoms with Gasteiger partial charge in [0.1, 0.15) is 17.8 Å². The third-order valence-electron chi connectivity index (χ3n) is 4.39. The van der Waals surface area contributed by atoms with Crippen LogP contribution in [0.15, 0.2) is 42.5 Å². The summed E-state index contributed by atoms with van der Waals surface area (Å²) >= 11 is 0. The van der Waals surface area contributed by atoms with Gasteiger partial charge >= 0.3 is 18.0 Å². The topological polar surface area (TPSA) is 90.9 Å². The Balaban J connectivity index is 2.22. The smallest absolute Gasteiger partial charge is 0.408 e. The van der Waals surface area contributed by atoms with Gasteiger partial charge in [0.2, 0.25) is 0 Å². The molecule has 2 atom stereocenters. The minimum Gasteiger partial charge on any atom is -0.462 e. The summed E-state index contributed by atoms with van der Waals surface area (Å²) < 4.78 is 16.3. The molecule has 0 bridgehead atoms. The van der Waals surface area contributed by atoms with Crippen LogP contribution in [-0.4, -0.2) is 35.8 Å². The van der Waals surface area contributed by atoms with E-state index in [1.165, 1.54) is 6.92 Å². The van der Waals surface area contributed by atoms with Gasteiger partial charge in [-0.05, 0) is 39.2 Å². The van der Waals surface area contributed by atoms with Crippen molar-refractivity contribution in [3.63, 3.8) is 0 Å². The minimum absolute atomic E-state index is 0.0545. The molecule has 1 amide bonds. The van der Waals surface area contributed by atoms with Crippen LogP contribution in [0.25, 0.3) is 0 Å². The molecule has 1 aliphatic carbocycles. The summed E-state index contributed by atoms with van der Waals surface area (Å²) in [5.41, 5.74) is -0.221. The van der Waals surface area contributed by atoms with Gasteiger partial charge in [-0.1, -0.05) is 42.5 Å². The Morgan fingerprint density at radius 1 is 1.21 bits per heavy atom. The van der Waals surface area contributed by atoms with E-state index in [1.807, 2.05) is 6.07 Å². The molecule has 0 aromatic heterocycles. The number of nitrogens with one attached hydrogen (secondary N) is 1. The number of amides is 1. The van der Waals surface area contributed by atoms with Crippen LogP contribution < -0.4 is 5.32 Å². The zero-order valence-electron chi connectivity index (χ0n) is 17.4. The fourth-order valence-corrected chi connectivity index (χ4v) is 3.13. The summed E-state index contributed by atoms with van der Waals surface area (Å²) in [4.78, 5) is 36.7. The highest BCUT2D eigenvalue weighted by molar-refractivity contribution is 5.83. The number of ether oxygens (including phenoxy) is 3. The first-order valence-corrected chi connectivity index (χ1v) is 9.57. The lowest BCUT2D eigenvalue weighted by molar-refractivity contribution is -0.173. The first-order chi connectivity index (χ1) is 13.5. The molecule has 1 aliphatic rings. The molecule has 0 radical (unpaired) electrons. The number of hydrogen-bond acceptors (Lipinski definition) is 6. The van der Waals surface area contributed by atoms with E-state index in [-0.39, 0.29) is 6.61 Å². The SMILES string of the molecule is C=C1CCC(COC(C)=O)(OC(=O)C(NC(=O)OC(C)(C)C)c2ccccc2)C1. The first kappa shape index (κ1) is 22.5. The van der Waals surface area contributed by atoms with Crippen molar-refractivity contribution in [3.05, 3.63) is 48.0 Å². The van der Waals surface area contributed by atoms with Crippen molar-refractivity contribution < 1.29 is 28.6 Å². The van der Waals surface area contributed by atoms with E-state index < -0.39 is 35.3 Å². The maximum absolute atomic E-state index is 13.1. The fourth-order valence-electron chi connectivity index (χ4n) is 3.13. The number of carbonyl (C=O) groups is 3. The lowest BCUT2D eigenvalue weighted by Gasteiger charge is -2.31.